The van der Waals surface area contributed by atoms with E-state index in [4.69, 9.17) is 4.74 Å². The molecule has 0 radical (unpaired) electrons. The second-order valence-corrected chi connectivity index (χ2v) is 4.18. The van der Waals surface area contributed by atoms with Crippen LogP contribution in [0.2, 0.25) is 0 Å². The summed E-state index contributed by atoms with van der Waals surface area (Å²) in [6.07, 6.45) is 3.43. The summed E-state index contributed by atoms with van der Waals surface area (Å²) < 4.78 is 7.09. The average molecular weight is 264 g/mol. The van der Waals surface area contributed by atoms with E-state index in [0.29, 0.717) is 23.5 Å². The number of hydrogen-bond donors (Lipinski definition) is 0. The van der Waals surface area contributed by atoms with Gasteiger partial charge in [-0.1, -0.05) is 12.1 Å². The summed E-state index contributed by atoms with van der Waals surface area (Å²) in [6, 6.07) is 11.5. The standard InChI is InChI=1S/C15H12N4O/c1-2-20-12-6-3-5-11(9-12)14-13(10-16)15-17-7-4-8-19(15)18-14/h3-9H,2H2,1H3. The highest BCUT2D eigenvalue weighted by molar-refractivity contribution is 5.75. The number of ether oxygens (including phenoxy) is 1. The molecule has 0 N–H and O–H groups in total. The van der Waals surface area contributed by atoms with Crippen molar-refractivity contribution in [1.29, 1.82) is 5.26 Å². The summed E-state index contributed by atoms with van der Waals surface area (Å²) in [5.74, 6) is 0.763. The Labute approximate surface area is 116 Å². The minimum absolute atomic E-state index is 0.472. The largest absolute Gasteiger partial charge is 0.494 e. The van der Waals surface area contributed by atoms with Crippen LogP contribution in [0.15, 0.2) is 42.7 Å². The fraction of sp³-hybridized carbons (Fsp3) is 0.133. The lowest BCUT2D eigenvalue weighted by Gasteiger charge is -2.04. The quantitative estimate of drug-likeness (QED) is 0.729. The molecule has 0 atom stereocenters. The van der Waals surface area contributed by atoms with Crippen LogP contribution < -0.4 is 4.74 Å². The van der Waals surface area contributed by atoms with Crippen LogP contribution in [0.3, 0.4) is 0 Å². The van der Waals surface area contributed by atoms with E-state index in [-0.39, 0.29) is 0 Å². The molecule has 0 spiro atoms. The monoisotopic (exact) mass is 264 g/mol. The van der Waals surface area contributed by atoms with Crippen molar-refractivity contribution in [2.45, 2.75) is 6.92 Å². The van der Waals surface area contributed by atoms with E-state index in [2.05, 4.69) is 16.2 Å². The third kappa shape index (κ3) is 1.97. The lowest BCUT2D eigenvalue weighted by Crippen LogP contribution is -1.92. The van der Waals surface area contributed by atoms with E-state index in [9.17, 15) is 5.26 Å². The van der Waals surface area contributed by atoms with Gasteiger partial charge in [-0.25, -0.2) is 9.50 Å². The predicted molar refractivity (Wildman–Crippen MR) is 74.3 cm³/mol. The molecule has 0 bridgehead atoms. The van der Waals surface area contributed by atoms with Crippen molar-refractivity contribution in [3.8, 4) is 23.1 Å². The lowest BCUT2D eigenvalue weighted by molar-refractivity contribution is 0.340. The molecule has 0 unspecified atom stereocenters. The van der Waals surface area contributed by atoms with Crippen molar-refractivity contribution < 1.29 is 4.74 Å². The second-order valence-electron chi connectivity index (χ2n) is 4.18. The number of benzene rings is 1. The van der Waals surface area contributed by atoms with Crippen LogP contribution in [-0.2, 0) is 0 Å². The molecule has 0 amide bonds. The number of fused-ring (bicyclic) bond motifs is 1. The van der Waals surface area contributed by atoms with Crippen molar-refractivity contribution in [2.75, 3.05) is 6.61 Å². The molecule has 3 rings (SSSR count). The van der Waals surface area contributed by atoms with Crippen molar-refractivity contribution in [1.82, 2.24) is 14.6 Å². The Bertz CT molecular complexity index is 801. The molecule has 1 aromatic carbocycles. The minimum atomic E-state index is 0.472. The molecule has 0 fully saturated rings. The van der Waals surface area contributed by atoms with Gasteiger partial charge in [0, 0.05) is 18.0 Å². The molecule has 0 saturated heterocycles. The highest BCUT2D eigenvalue weighted by Crippen LogP contribution is 2.27. The second kappa shape index (κ2) is 5.02. The fourth-order valence-corrected chi connectivity index (χ4v) is 2.09. The smallest absolute Gasteiger partial charge is 0.173 e. The Morgan fingerprint density at radius 2 is 2.25 bits per heavy atom. The lowest BCUT2D eigenvalue weighted by atomic mass is 10.1. The molecule has 2 heterocycles. The molecule has 0 saturated carbocycles. The first kappa shape index (κ1) is 12.2. The Morgan fingerprint density at radius 1 is 1.35 bits per heavy atom. The Balaban J connectivity index is 2.19. The van der Waals surface area contributed by atoms with Gasteiger partial charge in [0.05, 0.1) is 6.61 Å². The van der Waals surface area contributed by atoms with Gasteiger partial charge in [-0.15, -0.1) is 0 Å². The van der Waals surface area contributed by atoms with Crippen LogP contribution in [0.1, 0.15) is 12.5 Å². The third-order valence-electron chi connectivity index (χ3n) is 2.93. The van der Waals surface area contributed by atoms with Gasteiger partial charge in [0.2, 0.25) is 0 Å². The first-order chi connectivity index (χ1) is 9.83. The van der Waals surface area contributed by atoms with Crippen LogP contribution in [-0.4, -0.2) is 21.2 Å². The van der Waals surface area contributed by atoms with E-state index in [1.165, 1.54) is 0 Å². The third-order valence-corrected chi connectivity index (χ3v) is 2.93. The first-order valence-corrected chi connectivity index (χ1v) is 6.30. The first-order valence-electron chi connectivity index (χ1n) is 6.30. The van der Waals surface area contributed by atoms with Gasteiger partial charge in [-0.05, 0) is 25.1 Å². The molecular weight excluding hydrogens is 252 g/mol. The Kier molecular flexibility index (Phi) is 3.05. The normalized spacial score (nSPS) is 10.4. The zero-order valence-electron chi connectivity index (χ0n) is 10.9. The number of nitriles is 1. The molecule has 0 aliphatic carbocycles. The molecule has 0 aliphatic heterocycles. The molecule has 5 heteroatoms. The summed E-state index contributed by atoms with van der Waals surface area (Å²) in [4.78, 5) is 4.20. The SMILES string of the molecule is CCOc1cccc(-c2nn3cccnc3c2C#N)c1. The van der Waals surface area contributed by atoms with Crippen molar-refractivity contribution in [2.24, 2.45) is 0 Å². The van der Waals surface area contributed by atoms with Gasteiger partial charge in [-0.3, -0.25) is 0 Å². The molecule has 20 heavy (non-hydrogen) atoms. The van der Waals surface area contributed by atoms with Crippen molar-refractivity contribution in [3.63, 3.8) is 0 Å². The van der Waals surface area contributed by atoms with Crippen LogP contribution in [0.4, 0.5) is 0 Å². The number of aromatic nitrogens is 3. The van der Waals surface area contributed by atoms with Gasteiger partial charge in [0.25, 0.3) is 0 Å². The molecule has 2 aromatic heterocycles. The average Bonchev–Trinajstić information content (AvgIpc) is 2.86. The van der Waals surface area contributed by atoms with Gasteiger partial charge in [0.15, 0.2) is 5.65 Å². The van der Waals surface area contributed by atoms with Crippen molar-refractivity contribution >= 4 is 5.65 Å². The highest BCUT2D eigenvalue weighted by atomic mass is 16.5. The number of nitrogens with zero attached hydrogens (tertiary/aromatic N) is 4. The molecular formula is C15H12N4O. The topological polar surface area (TPSA) is 63.2 Å². The maximum atomic E-state index is 9.36. The summed E-state index contributed by atoms with van der Waals surface area (Å²) in [5, 5.41) is 13.8. The maximum absolute atomic E-state index is 9.36. The summed E-state index contributed by atoms with van der Waals surface area (Å²) in [6.45, 7) is 2.53. The summed E-state index contributed by atoms with van der Waals surface area (Å²) >= 11 is 0. The summed E-state index contributed by atoms with van der Waals surface area (Å²) in [5.41, 5.74) is 2.50. The van der Waals surface area contributed by atoms with E-state index in [1.54, 1.807) is 23.0 Å². The highest BCUT2D eigenvalue weighted by Gasteiger charge is 2.15. The van der Waals surface area contributed by atoms with E-state index < -0.39 is 0 Å². The Hall–Kier alpha value is -2.87. The number of rotatable bonds is 3. The van der Waals surface area contributed by atoms with Gasteiger partial charge in [0.1, 0.15) is 23.1 Å². The minimum Gasteiger partial charge on any atom is -0.494 e. The maximum Gasteiger partial charge on any atom is 0.173 e. The molecule has 3 aromatic rings. The van der Waals surface area contributed by atoms with Crippen LogP contribution in [0.5, 0.6) is 5.75 Å². The molecule has 0 aliphatic rings. The van der Waals surface area contributed by atoms with Crippen molar-refractivity contribution in [3.05, 3.63) is 48.3 Å². The van der Waals surface area contributed by atoms with E-state index in [0.717, 1.165) is 11.3 Å². The fourth-order valence-electron chi connectivity index (χ4n) is 2.09. The van der Waals surface area contributed by atoms with Gasteiger partial charge < -0.3 is 4.74 Å². The zero-order valence-corrected chi connectivity index (χ0v) is 10.9. The summed E-state index contributed by atoms with van der Waals surface area (Å²) in [7, 11) is 0. The molecule has 5 nitrogen and oxygen atoms in total. The van der Waals surface area contributed by atoms with Gasteiger partial charge in [-0.2, -0.15) is 10.4 Å². The zero-order chi connectivity index (χ0) is 13.9. The van der Waals surface area contributed by atoms with Gasteiger partial charge >= 0.3 is 0 Å². The predicted octanol–water partition coefficient (Wildman–Crippen LogP) is 2.67. The van der Waals surface area contributed by atoms with Crippen LogP contribution >= 0.6 is 0 Å². The van der Waals surface area contributed by atoms with Crippen LogP contribution in [0.25, 0.3) is 16.9 Å². The number of hydrogen-bond acceptors (Lipinski definition) is 4. The van der Waals surface area contributed by atoms with E-state index in [1.807, 2.05) is 31.2 Å². The van der Waals surface area contributed by atoms with E-state index >= 15 is 0 Å². The Morgan fingerprint density at radius 3 is 3.05 bits per heavy atom. The van der Waals surface area contributed by atoms with Crippen LogP contribution in [0, 0.1) is 11.3 Å². The molecule has 98 valence electrons.